The Morgan fingerprint density at radius 3 is 2.32 bits per heavy atom. The highest BCUT2D eigenvalue weighted by Crippen LogP contribution is 2.16. The van der Waals surface area contributed by atoms with E-state index in [2.05, 4.69) is 49.4 Å². The molecule has 0 radical (unpaired) electrons. The molecule has 0 aromatic heterocycles. The maximum atomic E-state index is 5.22. The third-order valence-electron chi connectivity index (χ3n) is 3.05. The molecule has 1 nitrogen and oxygen atoms in total. The zero-order valence-corrected chi connectivity index (χ0v) is 11.6. The molecule has 2 rings (SSSR count). The summed E-state index contributed by atoms with van der Waals surface area (Å²) in [4.78, 5) is 0. The van der Waals surface area contributed by atoms with Gasteiger partial charge in [0.15, 0.2) is 0 Å². The highest BCUT2D eigenvalue weighted by molar-refractivity contribution is 5.70. The van der Waals surface area contributed by atoms with Crippen molar-refractivity contribution in [3.63, 3.8) is 0 Å². The number of aryl methyl sites for hydroxylation is 1. The van der Waals surface area contributed by atoms with E-state index in [1.54, 1.807) is 7.11 Å². The van der Waals surface area contributed by atoms with E-state index in [4.69, 9.17) is 4.74 Å². The zero-order chi connectivity index (χ0) is 13.5. The van der Waals surface area contributed by atoms with E-state index in [-0.39, 0.29) is 0 Å². The van der Waals surface area contributed by atoms with Gasteiger partial charge in [0.1, 0.15) is 5.75 Å². The highest BCUT2D eigenvalue weighted by Gasteiger charge is 1.94. The minimum Gasteiger partial charge on any atom is -0.497 e. The van der Waals surface area contributed by atoms with Crippen molar-refractivity contribution in [3.05, 3.63) is 65.2 Å². The van der Waals surface area contributed by atoms with Crippen molar-refractivity contribution in [1.29, 1.82) is 0 Å². The van der Waals surface area contributed by atoms with Crippen molar-refractivity contribution < 1.29 is 4.74 Å². The smallest absolute Gasteiger partial charge is 0.119 e. The van der Waals surface area contributed by atoms with E-state index >= 15 is 0 Å². The van der Waals surface area contributed by atoms with Crippen LogP contribution in [0.4, 0.5) is 0 Å². The quantitative estimate of drug-likeness (QED) is 0.693. The summed E-state index contributed by atoms with van der Waals surface area (Å²) in [6.45, 7) is 2.21. The molecule has 0 fully saturated rings. The molecule has 0 saturated heterocycles. The van der Waals surface area contributed by atoms with Gasteiger partial charge in [-0.25, -0.2) is 0 Å². The summed E-state index contributed by atoms with van der Waals surface area (Å²) in [7, 11) is 1.69. The van der Waals surface area contributed by atoms with Crippen LogP contribution in [0.3, 0.4) is 0 Å². The van der Waals surface area contributed by atoms with Crippen molar-refractivity contribution >= 4 is 12.2 Å². The Labute approximate surface area is 115 Å². The van der Waals surface area contributed by atoms with Gasteiger partial charge in [0.2, 0.25) is 0 Å². The number of hydrogen-bond donors (Lipinski definition) is 0. The zero-order valence-electron chi connectivity index (χ0n) is 11.6. The van der Waals surface area contributed by atoms with E-state index in [1.165, 1.54) is 17.5 Å². The van der Waals surface area contributed by atoms with E-state index in [1.807, 2.05) is 18.2 Å². The summed E-state index contributed by atoms with van der Waals surface area (Å²) in [5, 5.41) is 0. The van der Waals surface area contributed by atoms with Crippen molar-refractivity contribution in [3.8, 4) is 5.75 Å². The van der Waals surface area contributed by atoms with Crippen LogP contribution in [0.5, 0.6) is 5.75 Å². The molecule has 0 atom stereocenters. The van der Waals surface area contributed by atoms with Gasteiger partial charge in [0.25, 0.3) is 0 Å². The monoisotopic (exact) mass is 252 g/mol. The van der Waals surface area contributed by atoms with Crippen molar-refractivity contribution in [2.75, 3.05) is 7.11 Å². The predicted octanol–water partition coefficient (Wildman–Crippen LogP) is 4.82. The van der Waals surface area contributed by atoms with Crippen LogP contribution in [-0.2, 0) is 6.42 Å². The second-order valence-corrected chi connectivity index (χ2v) is 4.60. The highest BCUT2D eigenvalue weighted by atomic mass is 16.5. The lowest BCUT2D eigenvalue weighted by Gasteiger charge is -2.01. The molecular weight excluding hydrogens is 232 g/mol. The Bertz CT molecular complexity index is 555. The average Bonchev–Trinajstić information content (AvgIpc) is 2.46. The molecule has 0 aliphatic carbocycles. The molecule has 2 aromatic carbocycles. The van der Waals surface area contributed by atoms with E-state index in [0.29, 0.717) is 0 Å². The molecule has 19 heavy (non-hydrogen) atoms. The number of ether oxygens (including phenoxy) is 1. The summed E-state index contributed by atoms with van der Waals surface area (Å²) in [5.74, 6) is 0.891. The molecule has 0 aliphatic rings. The first-order valence-corrected chi connectivity index (χ1v) is 6.73. The second kappa shape index (κ2) is 6.79. The minimum atomic E-state index is 0.891. The third-order valence-corrected chi connectivity index (χ3v) is 3.05. The molecule has 0 spiro atoms. The van der Waals surface area contributed by atoms with E-state index < -0.39 is 0 Å². The summed E-state index contributed by atoms with van der Waals surface area (Å²) >= 11 is 0. The van der Waals surface area contributed by atoms with Gasteiger partial charge in [0.05, 0.1) is 7.11 Å². The van der Waals surface area contributed by atoms with Crippen LogP contribution >= 0.6 is 0 Å². The molecule has 0 bridgehead atoms. The predicted molar refractivity (Wildman–Crippen MR) is 82.4 cm³/mol. The number of rotatable bonds is 5. The molecular formula is C18H20O. The van der Waals surface area contributed by atoms with Crippen LogP contribution in [-0.4, -0.2) is 7.11 Å². The standard InChI is InChI=1S/C18H20O/c1-3-6-15-7-4-8-16(13-15)11-12-17-9-5-10-18(14-17)19-2/h4-5,7-14H,3,6H2,1-2H3/b12-11+. The molecule has 0 aliphatic heterocycles. The first-order valence-electron chi connectivity index (χ1n) is 6.73. The van der Waals surface area contributed by atoms with Gasteiger partial charge in [0, 0.05) is 0 Å². The molecule has 0 N–H and O–H groups in total. The molecule has 0 saturated carbocycles. The lowest BCUT2D eigenvalue weighted by atomic mass is 10.1. The maximum absolute atomic E-state index is 5.22. The van der Waals surface area contributed by atoms with Crippen LogP contribution in [0.25, 0.3) is 12.2 Å². The van der Waals surface area contributed by atoms with Gasteiger partial charge >= 0.3 is 0 Å². The molecule has 1 heteroatoms. The lowest BCUT2D eigenvalue weighted by molar-refractivity contribution is 0.414. The van der Waals surface area contributed by atoms with Crippen LogP contribution in [0.2, 0.25) is 0 Å². The van der Waals surface area contributed by atoms with Gasteiger partial charge < -0.3 is 4.74 Å². The Kier molecular flexibility index (Phi) is 4.79. The fraction of sp³-hybridized carbons (Fsp3) is 0.222. The second-order valence-electron chi connectivity index (χ2n) is 4.60. The molecule has 2 aromatic rings. The SMILES string of the molecule is CCCc1cccc(/C=C/c2cccc(OC)c2)c1. The van der Waals surface area contributed by atoms with Crippen molar-refractivity contribution in [2.24, 2.45) is 0 Å². The normalized spacial score (nSPS) is 10.8. The van der Waals surface area contributed by atoms with E-state index in [0.717, 1.165) is 17.7 Å². The van der Waals surface area contributed by atoms with Gasteiger partial charge in [-0.15, -0.1) is 0 Å². The Morgan fingerprint density at radius 1 is 0.947 bits per heavy atom. The first kappa shape index (κ1) is 13.4. The Balaban J connectivity index is 2.15. The molecule has 98 valence electrons. The van der Waals surface area contributed by atoms with Gasteiger partial charge in [-0.2, -0.15) is 0 Å². The van der Waals surface area contributed by atoms with Gasteiger partial charge in [-0.3, -0.25) is 0 Å². The summed E-state index contributed by atoms with van der Waals surface area (Å²) < 4.78 is 5.22. The van der Waals surface area contributed by atoms with Crippen LogP contribution in [0.1, 0.15) is 30.0 Å². The topological polar surface area (TPSA) is 9.23 Å². The lowest BCUT2D eigenvalue weighted by Crippen LogP contribution is -1.84. The third kappa shape index (κ3) is 3.99. The maximum Gasteiger partial charge on any atom is 0.119 e. The minimum absolute atomic E-state index is 0.891. The first-order chi connectivity index (χ1) is 9.31. The van der Waals surface area contributed by atoms with Crippen molar-refractivity contribution in [1.82, 2.24) is 0 Å². The molecule has 0 heterocycles. The number of methoxy groups -OCH3 is 1. The number of benzene rings is 2. The largest absolute Gasteiger partial charge is 0.497 e. The van der Waals surface area contributed by atoms with Gasteiger partial charge in [-0.05, 0) is 35.2 Å². The summed E-state index contributed by atoms with van der Waals surface area (Å²) in [5.41, 5.74) is 3.80. The molecule has 0 amide bonds. The molecule has 0 unspecified atom stereocenters. The van der Waals surface area contributed by atoms with Crippen LogP contribution < -0.4 is 4.74 Å². The van der Waals surface area contributed by atoms with E-state index in [9.17, 15) is 0 Å². The fourth-order valence-corrected chi connectivity index (χ4v) is 2.08. The van der Waals surface area contributed by atoms with Crippen LogP contribution in [0, 0.1) is 0 Å². The van der Waals surface area contributed by atoms with Crippen LogP contribution in [0.15, 0.2) is 48.5 Å². The average molecular weight is 252 g/mol. The van der Waals surface area contributed by atoms with Crippen molar-refractivity contribution in [2.45, 2.75) is 19.8 Å². The summed E-state index contributed by atoms with van der Waals surface area (Å²) in [6.07, 6.45) is 6.59. The fourth-order valence-electron chi connectivity index (χ4n) is 2.08. The number of hydrogen-bond acceptors (Lipinski definition) is 1. The Morgan fingerprint density at radius 2 is 1.63 bits per heavy atom. The Hall–Kier alpha value is -2.02. The van der Waals surface area contributed by atoms with Gasteiger partial charge in [-0.1, -0.05) is 61.9 Å². The summed E-state index contributed by atoms with van der Waals surface area (Å²) in [6, 6.07) is 16.8.